The standard InChI is InChI=1S/C12H15ClO2/c1-4-12(2,3)11(14)15-10-7-5-6-9(13)8-10/h5-8H,4H2,1-3H3. The van der Waals surface area contributed by atoms with Crippen LogP contribution in [0.3, 0.4) is 0 Å². The Labute approximate surface area is 95.2 Å². The molecular weight excluding hydrogens is 212 g/mol. The fraction of sp³-hybridized carbons (Fsp3) is 0.417. The molecule has 1 aromatic carbocycles. The Morgan fingerprint density at radius 3 is 2.67 bits per heavy atom. The van der Waals surface area contributed by atoms with E-state index >= 15 is 0 Å². The summed E-state index contributed by atoms with van der Waals surface area (Å²) < 4.78 is 5.23. The number of benzene rings is 1. The average molecular weight is 227 g/mol. The first-order valence-corrected chi connectivity index (χ1v) is 5.31. The maximum Gasteiger partial charge on any atom is 0.316 e. The second kappa shape index (κ2) is 4.67. The second-order valence-corrected chi connectivity index (χ2v) is 4.52. The molecule has 0 aliphatic carbocycles. The highest BCUT2D eigenvalue weighted by Gasteiger charge is 2.27. The third-order valence-electron chi connectivity index (χ3n) is 2.44. The van der Waals surface area contributed by atoms with Crippen molar-refractivity contribution in [2.45, 2.75) is 27.2 Å². The third kappa shape index (κ3) is 3.24. The summed E-state index contributed by atoms with van der Waals surface area (Å²) in [7, 11) is 0. The monoisotopic (exact) mass is 226 g/mol. The Bertz CT molecular complexity index is 358. The molecule has 0 bridgehead atoms. The van der Waals surface area contributed by atoms with Crippen molar-refractivity contribution < 1.29 is 9.53 Å². The molecule has 0 saturated heterocycles. The summed E-state index contributed by atoms with van der Waals surface area (Å²) in [4.78, 5) is 11.7. The van der Waals surface area contributed by atoms with Crippen LogP contribution in [-0.4, -0.2) is 5.97 Å². The number of hydrogen-bond acceptors (Lipinski definition) is 2. The van der Waals surface area contributed by atoms with Crippen LogP contribution in [0.25, 0.3) is 0 Å². The van der Waals surface area contributed by atoms with E-state index in [-0.39, 0.29) is 5.97 Å². The topological polar surface area (TPSA) is 26.3 Å². The number of esters is 1. The lowest BCUT2D eigenvalue weighted by Crippen LogP contribution is -2.28. The molecule has 1 aromatic rings. The highest BCUT2D eigenvalue weighted by Crippen LogP contribution is 2.24. The second-order valence-electron chi connectivity index (χ2n) is 4.08. The Morgan fingerprint density at radius 2 is 2.13 bits per heavy atom. The quantitative estimate of drug-likeness (QED) is 0.581. The molecular formula is C12H15ClO2. The van der Waals surface area contributed by atoms with E-state index in [4.69, 9.17) is 16.3 Å². The average Bonchev–Trinajstić information content (AvgIpc) is 2.17. The van der Waals surface area contributed by atoms with Crippen molar-refractivity contribution >= 4 is 17.6 Å². The van der Waals surface area contributed by atoms with Crippen molar-refractivity contribution in [1.82, 2.24) is 0 Å². The molecule has 0 aliphatic rings. The summed E-state index contributed by atoms with van der Waals surface area (Å²) in [6.07, 6.45) is 0.742. The lowest BCUT2D eigenvalue weighted by Gasteiger charge is -2.20. The van der Waals surface area contributed by atoms with Crippen LogP contribution in [0.15, 0.2) is 24.3 Å². The van der Waals surface area contributed by atoms with Crippen molar-refractivity contribution in [2.24, 2.45) is 5.41 Å². The number of carbonyl (C=O) groups is 1. The highest BCUT2D eigenvalue weighted by atomic mass is 35.5. The smallest absolute Gasteiger partial charge is 0.316 e. The van der Waals surface area contributed by atoms with Gasteiger partial charge in [0, 0.05) is 5.02 Å². The zero-order valence-corrected chi connectivity index (χ0v) is 9.97. The highest BCUT2D eigenvalue weighted by molar-refractivity contribution is 6.30. The van der Waals surface area contributed by atoms with Gasteiger partial charge in [-0.25, -0.2) is 0 Å². The molecule has 0 aromatic heterocycles. The van der Waals surface area contributed by atoms with Crippen molar-refractivity contribution in [3.05, 3.63) is 29.3 Å². The maximum absolute atomic E-state index is 11.7. The third-order valence-corrected chi connectivity index (χ3v) is 2.68. The van der Waals surface area contributed by atoms with Crippen LogP contribution >= 0.6 is 11.6 Å². The van der Waals surface area contributed by atoms with Gasteiger partial charge in [0.15, 0.2) is 0 Å². The van der Waals surface area contributed by atoms with Gasteiger partial charge in [0.1, 0.15) is 5.75 Å². The van der Waals surface area contributed by atoms with Crippen molar-refractivity contribution in [3.63, 3.8) is 0 Å². The van der Waals surface area contributed by atoms with Gasteiger partial charge in [0.25, 0.3) is 0 Å². The number of carbonyl (C=O) groups excluding carboxylic acids is 1. The van der Waals surface area contributed by atoms with Crippen LogP contribution in [0.2, 0.25) is 5.02 Å². The van der Waals surface area contributed by atoms with Gasteiger partial charge in [-0.15, -0.1) is 0 Å². The van der Waals surface area contributed by atoms with Crippen LogP contribution in [0.1, 0.15) is 27.2 Å². The SMILES string of the molecule is CCC(C)(C)C(=O)Oc1cccc(Cl)c1. The van der Waals surface area contributed by atoms with Gasteiger partial charge in [0.05, 0.1) is 5.41 Å². The molecule has 3 heteroatoms. The first-order valence-electron chi connectivity index (χ1n) is 4.93. The molecule has 0 radical (unpaired) electrons. The molecule has 1 rings (SSSR count). The zero-order chi connectivity index (χ0) is 11.5. The largest absolute Gasteiger partial charge is 0.426 e. The van der Waals surface area contributed by atoms with E-state index in [1.165, 1.54) is 0 Å². The summed E-state index contributed by atoms with van der Waals surface area (Å²) in [5.41, 5.74) is -0.456. The fourth-order valence-electron chi connectivity index (χ4n) is 0.920. The summed E-state index contributed by atoms with van der Waals surface area (Å²) in [6, 6.07) is 6.84. The number of halogens is 1. The van der Waals surface area contributed by atoms with Crippen LogP contribution in [0, 0.1) is 5.41 Å². The number of hydrogen-bond donors (Lipinski definition) is 0. The maximum atomic E-state index is 11.7. The number of ether oxygens (including phenoxy) is 1. The van der Waals surface area contributed by atoms with Gasteiger partial charge in [-0.05, 0) is 38.5 Å². The minimum absolute atomic E-state index is 0.229. The van der Waals surface area contributed by atoms with Crippen LogP contribution < -0.4 is 4.74 Å². The van der Waals surface area contributed by atoms with Gasteiger partial charge in [0.2, 0.25) is 0 Å². The number of rotatable bonds is 3. The van der Waals surface area contributed by atoms with E-state index in [0.717, 1.165) is 6.42 Å². The summed E-state index contributed by atoms with van der Waals surface area (Å²) in [5.74, 6) is 0.265. The predicted octanol–water partition coefficient (Wildman–Crippen LogP) is 3.68. The lowest BCUT2D eigenvalue weighted by atomic mass is 9.91. The molecule has 82 valence electrons. The van der Waals surface area contributed by atoms with Gasteiger partial charge < -0.3 is 4.74 Å². The molecule has 0 amide bonds. The Balaban J connectivity index is 2.75. The van der Waals surface area contributed by atoms with Crippen LogP contribution in [0.4, 0.5) is 0 Å². The molecule has 0 N–H and O–H groups in total. The summed E-state index contributed by atoms with van der Waals surface area (Å²) in [5, 5.41) is 0.564. The molecule has 0 heterocycles. The summed E-state index contributed by atoms with van der Waals surface area (Å²) >= 11 is 5.79. The molecule has 0 saturated carbocycles. The first kappa shape index (κ1) is 12.1. The predicted molar refractivity (Wildman–Crippen MR) is 61.2 cm³/mol. The van der Waals surface area contributed by atoms with E-state index in [1.54, 1.807) is 24.3 Å². The van der Waals surface area contributed by atoms with Gasteiger partial charge >= 0.3 is 5.97 Å². The Hall–Kier alpha value is -1.02. The van der Waals surface area contributed by atoms with E-state index < -0.39 is 5.41 Å². The van der Waals surface area contributed by atoms with Crippen molar-refractivity contribution in [1.29, 1.82) is 0 Å². The molecule has 0 aliphatic heterocycles. The minimum atomic E-state index is -0.456. The fourth-order valence-corrected chi connectivity index (χ4v) is 1.10. The zero-order valence-electron chi connectivity index (χ0n) is 9.21. The molecule has 0 fully saturated rings. The molecule has 2 nitrogen and oxygen atoms in total. The Morgan fingerprint density at radius 1 is 1.47 bits per heavy atom. The van der Waals surface area contributed by atoms with E-state index in [0.29, 0.717) is 10.8 Å². The van der Waals surface area contributed by atoms with Crippen LogP contribution in [0.5, 0.6) is 5.75 Å². The van der Waals surface area contributed by atoms with E-state index in [9.17, 15) is 4.79 Å². The lowest BCUT2D eigenvalue weighted by molar-refractivity contribution is -0.144. The van der Waals surface area contributed by atoms with Crippen molar-refractivity contribution in [3.8, 4) is 5.75 Å². The van der Waals surface area contributed by atoms with Gasteiger partial charge in [-0.2, -0.15) is 0 Å². The molecule has 0 unspecified atom stereocenters. The first-order chi connectivity index (χ1) is 6.95. The van der Waals surface area contributed by atoms with E-state index in [1.807, 2.05) is 20.8 Å². The van der Waals surface area contributed by atoms with Gasteiger partial charge in [-0.3, -0.25) is 4.79 Å². The normalized spacial score (nSPS) is 11.2. The molecule has 15 heavy (non-hydrogen) atoms. The van der Waals surface area contributed by atoms with Crippen LogP contribution in [-0.2, 0) is 4.79 Å². The molecule has 0 atom stereocenters. The minimum Gasteiger partial charge on any atom is -0.426 e. The molecule has 0 spiro atoms. The summed E-state index contributed by atoms with van der Waals surface area (Å²) in [6.45, 7) is 5.68. The van der Waals surface area contributed by atoms with E-state index in [2.05, 4.69) is 0 Å². The van der Waals surface area contributed by atoms with Crippen molar-refractivity contribution in [2.75, 3.05) is 0 Å². The Kier molecular flexibility index (Phi) is 3.75. The van der Waals surface area contributed by atoms with Gasteiger partial charge in [-0.1, -0.05) is 24.6 Å².